The minimum Gasteiger partial charge on any atom is -0.351 e. The molecule has 1 aliphatic heterocycles. The van der Waals surface area contributed by atoms with Gasteiger partial charge < -0.3 is 5.32 Å². The molecule has 19 heavy (non-hydrogen) atoms. The number of carbonyl (C=O) groups excluding carboxylic acids is 1. The van der Waals surface area contributed by atoms with Gasteiger partial charge in [0.05, 0.1) is 17.9 Å². The second kappa shape index (κ2) is 4.93. The molecule has 7 heteroatoms. The Morgan fingerprint density at radius 2 is 2.00 bits per heavy atom. The summed E-state index contributed by atoms with van der Waals surface area (Å²) in [4.78, 5) is 11.0. The second-order valence-corrected chi connectivity index (χ2v) is 5.92. The highest BCUT2D eigenvalue weighted by molar-refractivity contribution is 7.94. The van der Waals surface area contributed by atoms with Crippen LogP contribution < -0.4 is 13.9 Å². The fraction of sp³-hybridized carbons (Fsp3) is 0.250. The molecule has 0 aromatic heterocycles. The Morgan fingerprint density at radius 3 is 2.63 bits per heavy atom. The summed E-state index contributed by atoms with van der Waals surface area (Å²) in [5.41, 5.74) is 1.26. The van der Waals surface area contributed by atoms with Crippen molar-refractivity contribution in [3.05, 3.63) is 36.9 Å². The molecule has 0 radical (unpaired) electrons. The molecule has 0 atom stereocenters. The average Bonchev–Trinajstić information content (AvgIpc) is 2.60. The highest BCUT2D eigenvalue weighted by atomic mass is 32.2. The lowest BCUT2D eigenvalue weighted by molar-refractivity contribution is -0.116. The summed E-state index contributed by atoms with van der Waals surface area (Å²) in [5.74, 6) is -0.321. The van der Waals surface area contributed by atoms with Crippen LogP contribution in [0.15, 0.2) is 36.9 Å². The standard InChI is InChI=1S/C12H15N3O3S/c1-3-12(16)13-8-9-15-11-7-5-4-6-10(11)14(2)19(15,17)18/h3-7H,1,8-9H2,2H3,(H,13,16). The molecular formula is C12H15N3O3S. The van der Waals surface area contributed by atoms with E-state index in [1.807, 2.05) is 0 Å². The Labute approximate surface area is 112 Å². The predicted molar refractivity (Wildman–Crippen MR) is 74.3 cm³/mol. The van der Waals surface area contributed by atoms with Crippen LogP contribution in [0.2, 0.25) is 0 Å². The van der Waals surface area contributed by atoms with E-state index in [1.165, 1.54) is 15.7 Å². The Morgan fingerprint density at radius 1 is 1.37 bits per heavy atom. The van der Waals surface area contributed by atoms with Crippen LogP contribution in [0.1, 0.15) is 0 Å². The van der Waals surface area contributed by atoms with Crippen molar-refractivity contribution >= 4 is 27.5 Å². The monoisotopic (exact) mass is 281 g/mol. The van der Waals surface area contributed by atoms with Crippen LogP contribution in [0.5, 0.6) is 0 Å². The number of hydrogen-bond acceptors (Lipinski definition) is 3. The molecule has 0 saturated carbocycles. The molecule has 2 rings (SSSR count). The minimum atomic E-state index is -3.54. The number of hydrogen-bond donors (Lipinski definition) is 1. The van der Waals surface area contributed by atoms with E-state index >= 15 is 0 Å². The third-order valence-electron chi connectivity index (χ3n) is 2.91. The molecule has 0 fully saturated rings. The van der Waals surface area contributed by atoms with E-state index in [0.717, 1.165) is 6.08 Å². The van der Waals surface area contributed by atoms with Crippen LogP contribution in [0.4, 0.5) is 11.4 Å². The highest BCUT2D eigenvalue weighted by Crippen LogP contribution is 2.38. The zero-order valence-corrected chi connectivity index (χ0v) is 11.4. The Hall–Kier alpha value is -2.02. The SMILES string of the molecule is C=CC(=O)NCCN1c2ccccc2N(C)S1(=O)=O. The maximum Gasteiger partial charge on any atom is 0.326 e. The maximum absolute atomic E-state index is 12.2. The summed E-state index contributed by atoms with van der Waals surface area (Å²) in [5, 5.41) is 2.56. The molecular weight excluding hydrogens is 266 g/mol. The molecule has 6 nitrogen and oxygen atoms in total. The van der Waals surface area contributed by atoms with Crippen LogP contribution in [-0.2, 0) is 15.0 Å². The molecule has 1 aliphatic rings. The lowest BCUT2D eigenvalue weighted by Gasteiger charge is -2.19. The van der Waals surface area contributed by atoms with Gasteiger partial charge in [-0.25, -0.2) is 4.31 Å². The number of anilines is 2. The second-order valence-electron chi connectivity index (χ2n) is 4.03. The van der Waals surface area contributed by atoms with Crippen molar-refractivity contribution in [2.24, 2.45) is 0 Å². The molecule has 0 bridgehead atoms. The summed E-state index contributed by atoms with van der Waals surface area (Å²) < 4.78 is 26.9. The maximum atomic E-state index is 12.2. The van der Waals surface area contributed by atoms with Gasteiger partial charge in [0.1, 0.15) is 0 Å². The summed E-state index contributed by atoms with van der Waals surface area (Å²) in [7, 11) is -2.03. The molecule has 1 N–H and O–H groups in total. The summed E-state index contributed by atoms with van der Waals surface area (Å²) in [6.45, 7) is 3.75. The smallest absolute Gasteiger partial charge is 0.326 e. The van der Waals surface area contributed by atoms with Crippen molar-refractivity contribution in [3.8, 4) is 0 Å². The molecule has 102 valence electrons. The number of nitrogens with zero attached hydrogens (tertiary/aromatic N) is 2. The van der Waals surface area contributed by atoms with Gasteiger partial charge in [0, 0.05) is 13.6 Å². The van der Waals surface area contributed by atoms with Crippen molar-refractivity contribution in [1.82, 2.24) is 5.32 Å². The van der Waals surface area contributed by atoms with Gasteiger partial charge in [-0.05, 0) is 18.2 Å². The van der Waals surface area contributed by atoms with Gasteiger partial charge in [0.15, 0.2) is 0 Å². The third-order valence-corrected chi connectivity index (χ3v) is 4.74. The van der Waals surface area contributed by atoms with Crippen LogP contribution >= 0.6 is 0 Å². The first-order chi connectivity index (χ1) is 8.98. The van der Waals surface area contributed by atoms with Crippen molar-refractivity contribution in [2.45, 2.75) is 0 Å². The molecule has 1 amide bonds. The summed E-state index contributed by atoms with van der Waals surface area (Å²) in [6.07, 6.45) is 1.15. The van der Waals surface area contributed by atoms with Crippen LogP contribution in [0.25, 0.3) is 0 Å². The highest BCUT2D eigenvalue weighted by Gasteiger charge is 2.37. The molecule has 0 spiro atoms. The Kier molecular flexibility index (Phi) is 3.48. The van der Waals surface area contributed by atoms with Gasteiger partial charge in [-0.15, -0.1) is 0 Å². The minimum absolute atomic E-state index is 0.184. The molecule has 0 saturated heterocycles. The summed E-state index contributed by atoms with van der Waals surface area (Å²) in [6, 6.07) is 7.05. The number of nitrogens with one attached hydrogen (secondary N) is 1. The first-order valence-corrected chi connectivity index (χ1v) is 7.14. The average molecular weight is 281 g/mol. The van der Waals surface area contributed by atoms with E-state index in [0.29, 0.717) is 11.4 Å². The number of para-hydroxylation sites is 2. The Balaban J connectivity index is 2.20. The van der Waals surface area contributed by atoms with Gasteiger partial charge in [0.25, 0.3) is 0 Å². The first kappa shape index (κ1) is 13.4. The number of fused-ring (bicyclic) bond motifs is 1. The van der Waals surface area contributed by atoms with Gasteiger partial charge >= 0.3 is 10.2 Å². The quantitative estimate of drug-likeness (QED) is 0.817. The third kappa shape index (κ3) is 2.28. The fourth-order valence-electron chi connectivity index (χ4n) is 1.93. The van der Waals surface area contributed by atoms with Crippen LogP contribution in [0, 0.1) is 0 Å². The van der Waals surface area contributed by atoms with E-state index in [2.05, 4.69) is 11.9 Å². The van der Waals surface area contributed by atoms with Gasteiger partial charge in [-0.2, -0.15) is 8.42 Å². The van der Waals surface area contributed by atoms with E-state index in [1.54, 1.807) is 24.3 Å². The summed E-state index contributed by atoms with van der Waals surface area (Å²) >= 11 is 0. The van der Waals surface area contributed by atoms with E-state index in [4.69, 9.17) is 0 Å². The van der Waals surface area contributed by atoms with E-state index in [-0.39, 0.29) is 19.0 Å². The van der Waals surface area contributed by atoms with Gasteiger partial charge in [0.2, 0.25) is 5.91 Å². The lowest BCUT2D eigenvalue weighted by atomic mass is 10.2. The topological polar surface area (TPSA) is 69.7 Å². The van der Waals surface area contributed by atoms with Crippen molar-refractivity contribution in [3.63, 3.8) is 0 Å². The molecule has 0 aliphatic carbocycles. The largest absolute Gasteiger partial charge is 0.351 e. The normalized spacial score (nSPS) is 16.1. The van der Waals surface area contributed by atoms with Crippen molar-refractivity contribution in [2.75, 3.05) is 28.7 Å². The zero-order chi connectivity index (χ0) is 14.0. The van der Waals surface area contributed by atoms with Crippen molar-refractivity contribution < 1.29 is 13.2 Å². The fourth-order valence-corrected chi connectivity index (χ4v) is 3.35. The number of carbonyl (C=O) groups is 1. The van der Waals surface area contributed by atoms with E-state index in [9.17, 15) is 13.2 Å². The number of benzene rings is 1. The Bertz CT molecular complexity index is 612. The van der Waals surface area contributed by atoms with Crippen LogP contribution in [-0.4, -0.2) is 34.5 Å². The van der Waals surface area contributed by atoms with E-state index < -0.39 is 10.2 Å². The zero-order valence-electron chi connectivity index (χ0n) is 10.5. The number of amides is 1. The predicted octanol–water partition coefficient (Wildman–Crippen LogP) is 0.490. The molecule has 1 aromatic rings. The van der Waals surface area contributed by atoms with Crippen molar-refractivity contribution in [1.29, 1.82) is 0 Å². The lowest BCUT2D eigenvalue weighted by Crippen LogP contribution is -2.40. The molecule has 1 heterocycles. The van der Waals surface area contributed by atoms with Crippen LogP contribution in [0.3, 0.4) is 0 Å². The van der Waals surface area contributed by atoms with Gasteiger partial charge in [-0.3, -0.25) is 9.10 Å². The molecule has 1 aromatic carbocycles. The number of rotatable bonds is 4. The molecule has 0 unspecified atom stereocenters. The van der Waals surface area contributed by atoms with Gasteiger partial charge in [-0.1, -0.05) is 18.7 Å². The first-order valence-electron chi connectivity index (χ1n) is 5.74.